The Balaban J connectivity index is 0.818. The zero-order chi connectivity index (χ0) is 40.9. The number of nitrogens with zero attached hydrogens (tertiary/aromatic N) is 7. The van der Waals surface area contributed by atoms with Crippen LogP contribution in [0.15, 0.2) is 79.0 Å². The van der Waals surface area contributed by atoms with Gasteiger partial charge in [-0.2, -0.15) is 0 Å². The number of benzene rings is 2. The van der Waals surface area contributed by atoms with Gasteiger partial charge in [-0.3, -0.25) is 34.2 Å². The molecule has 0 aliphatic carbocycles. The molecule has 16 heteroatoms. The zero-order valence-corrected chi connectivity index (χ0v) is 32.5. The summed E-state index contributed by atoms with van der Waals surface area (Å²) >= 11 is 0. The number of piperazine rings is 1. The normalized spacial score (nSPS) is 18.5. The number of hydrogen-bond acceptors (Lipinski definition) is 12. The second-order valence-corrected chi connectivity index (χ2v) is 15.1. The number of Topliss-reactive ketones (excluding diaryl/α,β-unsaturated/α-hetero) is 1. The number of aldehydes is 1. The first-order valence-corrected chi connectivity index (χ1v) is 20.0. The van der Waals surface area contributed by atoms with Gasteiger partial charge in [0.2, 0.25) is 11.8 Å². The summed E-state index contributed by atoms with van der Waals surface area (Å²) in [6.07, 6.45) is 5.54. The first-order valence-electron chi connectivity index (χ1n) is 20.0. The average molecular weight is 801 g/mol. The number of imidazole rings is 1. The summed E-state index contributed by atoms with van der Waals surface area (Å²) in [5, 5.41) is 13.0. The van der Waals surface area contributed by atoms with E-state index in [4.69, 9.17) is 10.1 Å². The van der Waals surface area contributed by atoms with Gasteiger partial charge in [0.1, 0.15) is 35.0 Å². The van der Waals surface area contributed by atoms with Crippen LogP contribution in [0.1, 0.15) is 70.8 Å². The molecule has 3 fully saturated rings. The van der Waals surface area contributed by atoms with Crippen molar-refractivity contribution in [2.45, 2.75) is 50.6 Å². The molecule has 2 atom stereocenters. The number of anilines is 3. The molecule has 59 heavy (non-hydrogen) atoms. The van der Waals surface area contributed by atoms with Gasteiger partial charge < -0.3 is 20.4 Å². The van der Waals surface area contributed by atoms with Crippen LogP contribution in [0.4, 0.5) is 21.7 Å². The summed E-state index contributed by atoms with van der Waals surface area (Å²) in [6, 6.07) is 20.6. The molecule has 5 aromatic rings. The van der Waals surface area contributed by atoms with Gasteiger partial charge in [-0.05, 0) is 85.8 Å². The number of fused-ring (bicyclic) bond motifs is 1. The maximum absolute atomic E-state index is 14.1. The number of imide groups is 1. The van der Waals surface area contributed by atoms with E-state index >= 15 is 0 Å². The lowest BCUT2D eigenvalue weighted by atomic mass is 10.0. The molecule has 0 saturated carbocycles. The van der Waals surface area contributed by atoms with Gasteiger partial charge in [0.05, 0.1) is 30.0 Å². The molecule has 2 aromatic carbocycles. The molecule has 6 heterocycles. The Morgan fingerprint density at radius 3 is 2.59 bits per heavy atom. The second kappa shape index (κ2) is 17.5. The highest BCUT2D eigenvalue weighted by Gasteiger charge is 2.30. The van der Waals surface area contributed by atoms with Crippen molar-refractivity contribution in [3.8, 4) is 11.4 Å². The van der Waals surface area contributed by atoms with Gasteiger partial charge in [0, 0.05) is 63.4 Å². The fourth-order valence-electron chi connectivity index (χ4n) is 8.05. The molecule has 8 rings (SSSR count). The predicted molar refractivity (Wildman–Crippen MR) is 219 cm³/mol. The van der Waals surface area contributed by atoms with Crippen molar-refractivity contribution in [1.82, 2.24) is 35.1 Å². The number of rotatable bonds is 14. The maximum atomic E-state index is 14.1. The van der Waals surface area contributed by atoms with Crippen LogP contribution in [0.25, 0.3) is 17.0 Å². The molecular weight excluding hydrogens is 756 g/mol. The number of nitrogens with one attached hydrogen (secondary N) is 3. The number of aromatic nitrogens is 4. The first kappa shape index (κ1) is 39.3. The summed E-state index contributed by atoms with van der Waals surface area (Å²) in [5.74, 6) is -0.00454. The largest absolute Gasteiger partial charge is 0.385 e. The molecule has 3 saturated heterocycles. The monoisotopic (exact) mass is 800 g/mol. The van der Waals surface area contributed by atoms with E-state index in [-0.39, 0.29) is 47.5 Å². The van der Waals surface area contributed by atoms with Gasteiger partial charge in [0.25, 0.3) is 5.91 Å². The van der Waals surface area contributed by atoms with E-state index in [0.717, 1.165) is 48.0 Å². The van der Waals surface area contributed by atoms with Gasteiger partial charge in [-0.25, -0.2) is 18.9 Å². The number of carbonyl (C=O) groups excluding carboxylic acids is 5. The third-order valence-electron chi connectivity index (χ3n) is 11.2. The Hall–Kier alpha value is -6.55. The van der Waals surface area contributed by atoms with Gasteiger partial charge in [-0.1, -0.05) is 18.2 Å². The summed E-state index contributed by atoms with van der Waals surface area (Å²) in [4.78, 5) is 77.3. The van der Waals surface area contributed by atoms with Crippen molar-refractivity contribution in [3.63, 3.8) is 0 Å². The van der Waals surface area contributed by atoms with E-state index in [1.807, 2.05) is 40.9 Å². The highest BCUT2D eigenvalue weighted by atomic mass is 19.1. The van der Waals surface area contributed by atoms with Crippen molar-refractivity contribution >= 4 is 52.8 Å². The number of amides is 3. The summed E-state index contributed by atoms with van der Waals surface area (Å²) in [6.45, 7) is 4.52. The lowest BCUT2D eigenvalue weighted by Gasteiger charge is -2.35. The summed E-state index contributed by atoms with van der Waals surface area (Å²) in [5.41, 5.74) is 4.07. The van der Waals surface area contributed by atoms with Crippen LogP contribution >= 0.6 is 0 Å². The van der Waals surface area contributed by atoms with Crippen molar-refractivity contribution < 1.29 is 28.4 Å². The van der Waals surface area contributed by atoms with E-state index in [1.165, 1.54) is 12.1 Å². The first-order chi connectivity index (χ1) is 28.7. The predicted octanol–water partition coefficient (Wildman–Crippen LogP) is 4.20. The number of halogens is 1. The zero-order valence-electron chi connectivity index (χ0n) is 32.5. The summed E-state index contributed by atoms with van der Waals surface area (Å²) < 4.78 is 15.9. The van der Waals surface area contributed by atoms with Gasteiger partial charge >= 0.3 is 0 Å². The molecule has 0 bridgehead atoms. The van der Waals surface area contributed by atoms with E-state index in [9.17, 15) is 28.4 Å². The van der Waals surface area contributed by atoms with E-state index in [0.29, 0.717) is 69.7 Å². The lowest BCUT2D eigenvalue weighted by molar-refractivity contribution is -0.134. The van der Waals surface area contributed by atoms with E-state index in [2.05, 4.69) is 35.6 Å². The Bertz CT molecular complexity index is 2400. The lowest BCUT2D eigenvalue weighted by Crippen LogP contribution is -2.52. The van der Waals surface area contributed by atoms with Gasteiger partial charge in [0.15, 0.2) is 11.9 Å². The molecular formula is C43H45FN10O5. The van der Waals surface area contributed by atoms with Crippen LogP contribution in [0.5, 0.6) is 0 Å². The standard InChI is InChI=1S/C43H45FN10O5/c44-30-6-1-5-28(23-30)36-9-4-18-53(36)40-15-14-38-46-25-37(54(38)50-40)34-8-2-10-39(47-34)52-21-19-51(20-22-52)26-32(56)7-3-17-45-31-12-11-29(27-55)33(24-31)42(58)48-35-13-16-41(57)49-43(35)59/h1-2,5-6,8,10-12,14-15,23-25,27,35-36,45H,3-4,7,9,13,16-22,26H2,(H,48,58)(H,49,57,59)/t35?,36-/m1/s1. The second-order valence-electron chi connectivity index (χ2n) is 15.1. The Kier molecular flexibility index (Phi) is 11.7. The molecule has 0 radical (unpaired) electrons. The number of piperidine rings is 1. The van der Waals surface area contributed by atoms with Crippen LogP contribution in [0, 0.1) is 5.82 Å². The Labute approximate surface area is 340 Å². The SMILES string of the molecule is O=Cc1ccc(NCCCC(=O)CN2CCN(c3cccc(-c4cnc5ccc(N6CCC[C@@H]6c6cccc(F)c6)nn45)n3)CC2)cc1C(=O)NC1CCC(=O)NC1=O. The molecule has 3 aliphatic heterocycles. The third-order valence-corrected chi connectivity index (χ3v) is 11.2. The van der Waals surface area contributed by atoms with Crippen molar-refractivity contribution in [3.05, 3.63) is 102 Å². The van der Waals surface area contributed by atoms with Crippen LogP contribution in [-0.2, 0) is 14.4 Å². The minimum absolute atomic E-state index is 0.0441. The smallest absolute Gasteiger partial charge is 0.252 e. The Morgan fingerprint density at radius 2 is 1.78 bits per heavy atom. The molecule has 1 unspecified atom stereocenters. The minimum atomic E-state index is -0.861. The molecule has 3 aliphatic rings. The molecule has 3 aromatic heterocycles. The molecule has 304 valence electrons. The fraction of sp³-hybridized carbons (Fsp3) is 0.349. The quantitative estimate of drug-likeness (QED) is 0.0832. The average Bonchev–Trinajstić information content (AvgIpc) is 3.92. The van der Waals surface area contributed by atoms with Crippen molar-refractivity contribution in [2.24, 2.45) is 0 Å². The summed E-state index contributed by atoms with van der Waals surface area (Å²) in [7, 11) is 0. The highest BCUT2D eigenvalue weighted by molar-refractivity contribution is 6.06. The number of ketones is 1. The van der Waals surface area contributed by atoms with E-state index < -0.39 is 17.9 Å². The van der Waals surface area contributed by atoms with Crippen molar-refractivity contribution in [1.29, 1.82) is 0 Å². The van der Waals surface area contributed by atoms with Crippen LogP contribution in [-0.4, -0.2) is 106 Å². The number of hydrogen-bond donors (Lipinski definition) is 3. The molecule has 15 nitrogen and oxygen atoms in total. The molecule has 3 N–H and O–H groups in total. The molecule has 3 amide bonds. The van der Waals surface area contributed by atoms with Crippen LogP contribution in [0.2, 0.25) is 0 Å². The highest BCUT2D eigenvalue weighted by Crippen LogP contribution is 2.36. The maximum Gasteiger partial charge on any atom is 0.252 e. The van der Waals surface area contributed by atoms with Gasteiger partial charge in [-0.15, -0.1) is 5.10 Å². The van der Waals surface area contributed by atoms with Crippen LogP contribution in [0.3, 0.4) is 0 Å². The Morgan fingerprint density at radius 1 is 0.932 bits per heavy atom. The minimum Gasteiger partial charge on any atom is -0.385 e. The molecule has 0 spiro atoms. The van der Waals surface area contributed by atoms with E-state index in [1.54, 1.807) is 30.5 Å². The fourth-order valence-corrected chi connectivity index (χ4v) is 8.05. The van der Waals surface area contributed by atoms with Crippen LogP contribution < -0.4 is 25.8 Å². The van der Waals surface area contributed by atoms with Crippen molar-refractivity contribution in [2.75, 3.05) is 60.9 Å². The number of pyridine rings is 1. The number of carbonyl (C=O) groups is 5. The topological polar surface area (TPSA) is 174 Å². The third kappa shape index (κ3) is 8.97.